The Hall–Kier alpha value is -3.67. The average Bonchev–Trinajstić information content (AvgIpc) is 3.13. The first-order valence-electron chi connectivity index (χ1n) is 10.7. The number of nitrogens with zero attached hydrogens (tertiary/aromatic N) is 3. The average molecular weight is 410 g/mol. The largest absolute Gasteiger partial charge is 0.398 e. The van der Waals surface area contributed by atoms with Gasteiger partial charge in [0.15, 0.2) is 5.82 Å². The Morgan fingerprint density at radius 1 is 0.935 bits per heavy atom. The molecular weight excluding hydrogens is 388 g/mol. The minimum absolute atomic E-state index is 0.209. The summed E-state index contributed by atoms with van der Waals surface area (Å²) >= 11 is 0. The number of aryl methyl sites for hydroxylation is 2. The molecule has 0 saturated carbocycles. The molecule has 6 heteroatoms. The van der Waals surface area contributed by atoms with Crippen LogP contribution in [-0.4, -0.2) is 14.3 Å². The van der Waals surface area contributed by atoms with E-state index < -0.39 is 6.04 Å². The van der Waals surface area contributed by atoms with E-state index in [0.29, 0.717) is 22.3 Å². The first-order valence-corrected chi connectivity index (χ1v) is 10.7. The second kappa shape index (κ2) is 6.41. The maximum Gasteiger partial charge on any atom is 0.279 e. The fraction of sp³-hybridized carbons (Fsp3) is 0.240. The Balaban J connectivity index is 1.82. The van der Waals surface area contributed by atoms with Gasteiger partial charge in [0.25, 0.3) is 11.1 Å². The van der Waals surface area contributed by atoms with Crippen LogP contribution < -0.4 is 16.9 Å². The number of hydrogen-bond acceptors (Lipinski definition) is 4. The molecule has 2 aliphatic rings. The van der Waals surface area contributed by atoms with Crippen LogP contribution >= 0.6 is 0 Å². The van der Waals surface area contributed by atoms with Crippen molar-refractivity contribution >= 4 is 16.5 Å². The Morgan fingerprint density at radius 2 is 1.61 bits per heavy atom. The van der Waals surface area contributed by atoms with Crippen molar-refractivity contribution in [1.82, 2.24) is 14.3 Å². The SMILES string of the molecule is Cc1ccccc1C1c2c(nc3c(c2N)CCCC3)-n2c(=O)c3ccccc3c(=O)n21. The number of pyridine rings is 1. The lowest BCUT2D eigenvalue weighted by atomic mass is 9.89. The first-order chi connectivity index (χ1) is 15.1. The second-order valence-electron chi connectivity index (χ2n) is 8.47. The van der Waals surface area contributed by atoms with E-state index >= 15 is 0 Å². The van der Waals surface area contributed by atoms with Gasteiger partial charge in [-0.15, -0.1) is 0 Å². The number of aromatic nitrogens is 3. The third-order valence-electron chi connectivity index (χ3n) is 6.74. The number of anilines is 1. The van der Waals surface area contributed by atoms with E-state index in [1.165, 1.54) is 4.68 Å². The van der Waals surface area contributed by atoms with Gasteiger partial charge in [0.05, 0.1) is 10.8 Å². The van der Waals surface area contributed by atoms with E-state index in [9.17, 15) is 9.59 Å². The number of rotatable bonds is 1. The predicted octanol–water partition coefficient (Wildman–Crippen LogP) is 3.27. The van der Waals surface area contributed by atoms with Gasteiger partial charge < -0.3 is 5.73 Å². The monoisotopic (exact) mass is 410 g/mol. The fourth-order valence-corrected chi connectivity index (χ4v) is 5.22. The van der Waals surface area contributed by atoms with Crippen LogP contribution in [0.1, 0.15) is 46.8 Å². The molecule has 0 amide bonds. The predicted molar refractivity (Wildman–Crippen MR) is 121 cm³/mol. The maximum atomic E-state index is 13.7. The van der Waals surface area contributed by atoms with E-state index in [4.69, 9.17) is 10.7 Å². The van der Waals surface area contributed by atoms with E-state index in [-0.39, 0.29) is 11.1 Å². The van der Waals surface area contributed by atoms with Crippen LogP contribution in [-0.2, 0) is 12.8 Å². The number of hydrogen-bond donors (Lipinski definition) is 1. The van der Waals surface area contributed by atoms with Crippen molar-refractivity contribution in [2.45, 2.75) is 38.6 Å². The van der Waals surface area contributed by atoms with Gasteiger partial charge >= 0.3 is 0 Å². The van der Waals surface area contributed by atoms with Gasteiger partial charge in [0, 0.05) is 16.9 Å². The molecule has 6 nitrogen and oxygen atoms in total. The summed E-state index contributed by atoms with van der Waals surface area (Å²) in [7, 11) is 0. The molecule has 4 aromatic rings. The first kappa shape index (κ1) is 18.1. The molecule has 2 aromatic heterocycles. The van der Waals surface area contributed by atoms with Crippen molar-refractivity contribution in [2.24, 2.45) is 0 Å². The van der Waals surface area contributed by atoms with E-state index in [2.05, 4.69) is 0 Å². The summed E-state index contributed by atoms with van der Waals surface area (Å²) in [5.41, 5.74) is 11.8. The van der Waals surface area contributed by atoms with Gasteiger partial charge in [-0.1, -0.05) is 36.4 Å². The highest BCUT2D eigenvalue weighted by Gasteiger charge is 2.38. The molecule has 154 valence electrons. The highest BCUT2D eigenvalue weighted by molar-refractivity contribution is 5.81. The topological polar surface area (TPSA) is 82.9 Å². The van der Waals surface area contributed by atoms with Crippen LogP contribution in [0, 0.1) is 6.92 Å². The van der Waals surface area contributed by atoms with Crippen molar-refractivity contribution in [3.8, 4) is 5.82 Å². The smallest absolute Gasteiger partial charge is 0.279 e. The lowest BCUT2D eigenvalue weighted by Crippen LogP contribution is -2.36. The molecule has 2 aromatic carbocycles. The van der Waals surface area contributed by atoms with Crippen molar-refractivity contribution < 1.29 is 0 Å². The van der Waals surface area contributed by atoms with E-state index in [1.807, 2.05) is 31.2 Å². The van der Waals surface area contributed by atoms with Crippen molar-refractivity contribution in [1.29, 1.82) is 0 Å². The van der Waals surface area contributed by atoms with Crippen LogP contribution in [0.3, 0.4) is 0 Å². The molecule has 3 heterocycles. The Labute approximate surface area is 178 Å². The van der Waals surface area contributed by atoms with Crippen LogP contribution in [0.4, 0.5) is 5.69 Å². The standard InChI is InChI=1S/C25H22N4O2/c1-14-8-2-3-9-15(14)22-20-21(26)18-12-6-7-13-19(18)27-23(20)29-25(31)17-11-5-4-10-16(17)24(30)28(22)29/h2-5,8-11,22H,6-7,12-13H2,1H3,(H2,26,27). The van der Waals surface area contributed by atoms with Gasteiger partial charge in [-0.05, 0) is 61.4 Å². The third-order valence-corrected chi connectivity index (χ3v) is 6.74. The summed E-state index contributed by atoms with van der Waals surface area (Å²) in [6.45, 7) is 2.02. The van der Waals surface area contributed by atoms with E-state index in [0.717, 1.165) is 53.6 Å². The van der Waals surface area contributed by atoms with Crippen LogP contribution in [0.2, 0.25) is 0 Å². The van der Waals surface area contributed by atoms with Gasteiger partial charge in [-0.25, -0.2) is 9.67 Å². The van der Waals surface area contributed by atoms with Crippen LogP contribution in [0.15, 0.2) is 58.1 Å². The molecule has 31 heavy (non-hydrogen) atoms. The Morgan fingerprint density at radius 3 is 2.39 bits per heavy atom. The van der Waals surface area contributed by atoms with Crippen molar-refractivity contribution in [3.05, 3.63) is 97.2 Å². The molecule has 0 fully saturated rings. The maximum absolute atomic E-state index is 13.7. The van der Waals surface area contributed by atoms with Crippen molar-refractivity contribution in [2.75, 3.05) is 5.73 Å². The van der Waals surface area contributed by atoms with Gasteiger partial charge in [0.1, 0.15) is 6.04 Å². The van der Waals surface area contributed by atoms with Gasteiger partial charge in [0.2, 0.25) is 0 Å². The summed E-state index contributed by atoms with van der Waals surface area (Å²) < 4.78 is 3.02. The number of nitrogen functional groups attached to an aromatic ring is 1. The Bertz CT molecular complexity index is 1510. The molecule has 1 aliphatic carbocycles. The summed E-state index contributed by atoms with van der Waals surface area (Å²) in [4.78, 5) is 32.2. The lowest BCUT2D eigenvalue weighted by Gasteiger charge is -2.22. The quantitative estimate of drug-likeness (QED) is 0.460. The highest BCUT2D eigenvalue weighted by Crippen LogP contribution is 2.42. The summed E-state index contributed by atoms with van der Waals surface area (Å²) in [6, 6.07) is 14.5. The molecule has 1 unspecified atom stereocenters. The second-order valence-corrected chi connectivity index (χ2v) is 8.47. The number of benzene rings is 2. The van der Waals surface area contributed by atoms with Gasteiger partial charge in [-0.3, -0.25) is 9.59 Å². The summed E-state index contributed by atoms with van der Waals surface area (Å²) in [6.07, 6.45) is 3.85. The summed E-state index contributed by atoms with van der Waals surface area (Å²) in [5, 5.41) is 0.816. The number of fused-ring (bicyclic) bond motifs is 5. The van der Waals surface area contributed by atoms with Crippen LogP contribution in [0.5, 0.6) is 0 Å². The van der Waals surface area contributed by atoms with Crippen LogP contribution in [0.25, 0.3) is 16.6 Å². The van der Waals surface area contributed by atoms with E-state index in [1.54, 1.807) is 28.9 Å². The van der Waals surface area contributed by atoms with Crippen molar-refractivity contribution in [3.63, 3.8) is 0 Å². The molecule has 1 atom stereocenters. The highest BCUT2D eigenvalue weighted by atomic mass is 16.2. The number of nitrogens with two attached hydrogens (primary N) is 1. The zero-order valence-corrected chi connectivity index (χ0v) is 17.3. The van der Waals surface area contributed by atoms with Gasteiger partial charge in [-0.2, -0.15) is 4.68 Å². The summed E-state index contributed by atoms with van der Waals surface area (Å²) in [5.74, 6) is 0.499. The minimum atomic E-state index is -0.485. The minimum Gasteiger partial charge on any atom is -0.398 e. The zero-order valence-electron chi connectivity index (χ0n) is 17.3. The third kappa shape index (κ3) is 2.36. The fourth-order valence-electron chi connectivity index (χ4n) is 5.22. The molecule has 6 rings (SSSR count). The molecule has 0 spiro atoms. The lowest BCUT2D eigenvalue weighted by molar-refractivity contribution is 0.539. The normalized spacial score (nSPS) is 16.7. The molecule has 0 radical (unpaired) electrons. The molecule has 0 saturated heterocycles. The molecule has 0 bridgehead atoms. The molecule has 2 N–H and O–H groups in total. The zero-order chi connectivity index (χ0) is 21.3. The molecule has 1 aliphatic heterocycles. The Kier molecular flexibility index (Phi) is 3.75. The molecular formula is C25H22N4O2.